The van der Waals surface area contributed by atoms with Crippen molar-refractivity contribution in [2.75, 3.05) is 33.0 Å². The fourth-order valence-corrected chi connectivity index (χ4v) is 7.76. The predicted octanol–water partition coefficient (Wildman–Crippen LogP) is 15.5. The first-order valence-corrected chi connectivity index (χ1v) is 26.6. The predicted molar refractivity (Wildman–Crippen MR) is 256 cm³/mol. The Morgan fingerprint density at radius 3 is 1.33 bits per heavy atom. The van der Waals surface area contributed by atoms with E-state index < -0.39 is 13.9 Å². The molecule has 0 aliphatic carbocycles. The highest BCUT2D eigenvalue weighted by Crippen LogP contribution is 2.43. The molecule has 0 aromatic carbocycles. The van der Waals surface area contributed by atoms with Crippen molar-refractivity contribution < 1.29 is 32.8 Å². The monoisotopic (exact) mass is 866 g/mol. The molecule has 2 unspecified atom stereocenters. The maximum absolute atomic E-state index is 12.6. The van der Waals surface area contributed by atoms with Crippen molar-refractivity contribution in [3.05, 3.63) is 48.6 Å². The Hall–Kier alpha value is -1.54. The van der Waals surface area contributed by atoms with Gasteiger partial charge in [-0.3, -0.25) is 13.8 Å². The average Bonchev–Trinajstić information content (AvgIpc) is 3.24. The van der Waals surface area contributed by atoms with Gasteiger partial charge in [-0.2, -0.15) is 0 Å². The molecule has 0 saturated heterocycles. The van der Waals surface area contributed by atoms with Crippen molar-refractivity contribution in [3.63, 3.8) is 0 Å². The van der Waals surface area contributed by atoms with Crippen molar-refractivity contribution in [1.29, 1.82) is 0 Å². The van der Waals surface area contributed by atoms with Crippen LogP contribution in [0.2, 0.25) is 0 Å². The zero-order chi connectivity index (χ0) is 43.7. The van der Waals surface area contributed by atoms with Crippen LogP contribution in [0.3, 0.4) is 0 Å². The molecule has 0 radical (unpaired) electrons. The standard InChI is InChI=1S/C51H96NO7P/c1-3-5-7-9-11-13-15-17-19-21-22-23-24-25-26-27-28-29-30-32-34-36-38-40-42-44-51(53)59-50(49-58-60(54,55)57-47-45-52)48-56-46-43-41-39-37-35-33-31-20-18-16-14-12-10-8-6-4-2/h12,14-15,17-18,20-22,50H,3-11,13,16,19,23-49,52H2,1-2H3,(H,54,55)/b14-12-,17-15-,20-18-,22-21-. The number of carbonyl (C=O) groups is 1. The molecule has 0 aliphatic rings. The Kier molecular flexibility index (Phi) is 47.2. The summed E-state index contributed by atoms with van der Waals surface area (Å²) in [5, 5.41) is 0. The van der Waals surface area contributed by atoms with Crippen LogP contribution < -0.4 is 5.73 Å². The second-order valence-corrected chi connectivity index (χ2v) is 18.1. The van der Waals surface area contributed by atoms with Crippen molar-refractivity contribution in [3.8, 4) is 0 Å². The zero-order valence-electron chi connectivity index (χ0n) is 39.2. The molecule has 8 nitrogen and oxygen atoms in total. The molecular weight excluding hydrogens is 770 g/mol. The number of carbonyl (C=O) groups excluding carboxylic acids is 1. The summed E-state index contributed by atoms with van der Waals surface area (Å²) in [5.41, 5.74) is 5.38. The van der Waals surface area contributed by atoms with E-state index in [2.05, 4.69) is 62.5 Å². The van der Waals surface area contributed by atoms with Crippen LogP contribution in [0.1, 0.15) is 232 Å². The Morgan fingerprint density at radius 1 is 0.500 bits per heavy atom. The number of nitrogens with two attached hydrogens (primary N) is 1. The molecule has 0 fully saturated rings. The van der Waals surface area contributed by atoms with Crippen LogP contribution in [0, 0.1) is 0 Å². The number of rotatable bonds is 48. The smallest absolute Gasteiger partial charge is 0.457 e. The Labute approximate surface area is 371 Å². The first-order chi connectivity index (χ1) is 29.4. The first kappa shape index (κ1) is 58.5. The summed E-state index contributed by atoms with van der Waals surface area (Å²) in [7, 11) is -4.28. The number of phosphoric acid groups is 1. The van der Waals surface area contributed by atoms with Crippen molar-refractivity contribution >= 4 is 13.8 Å². The van der Waals surface area contributed by atoms with Crippen molar-refractivity contribution in [2.45, 2.75) is 238 Å². The maximum atomic E-state index is 12.6. The Bertz CT molecular complexity index is 1060. The lowest BCUT2D eigenvalue weighted by atomic mass is 10.0. The molecule has 352 valence electrons. The number of ether oxygens (including phenoxy) is 2. The van der Waals surface area contributed by atoms with Gasteiger partial charge in [-0.25, -0.2) is 4.57 Å². The third-order valence-electron chi connectivity index (χ3n) is 10.7. The van der Waals surface area contributed by atoms with Crippen LogP contribution in [-0.2, 0) is 27.9 Å². The summed E-state index contributed by atoms with van der Waals surface area (Å²) in [6.45, 7) is 4.88. The summed E-state index contributed by atoms with van der Waals surface area (Å²) in [6.07, 6.45) is 58.5. The SMILES string of the molecule is CCCCC/C=C\C/C=C\CCCCCCCCOCC(COP(=O)(O)OCCN)OC(=O)CCCCCCCCCCCCCCC/C=C\C/C=C\CCCCCCC. The molecule has 3 N–H and O–H groups in total. The molecule has 0 rings (SSSR count). The minimum absolute atomic E-state index is 0.0976. The highest BCUT2D eigenvalue weighted by atomic mass is 31.2. The number of esters is 1. The van der Waals surface area contributed by atoms with E-state index in [9.17, 15) is 14.3 Å². The average molecular weight is 866 g/mol. The molecule has 0 amide bonds. The van der Waals surface area contributed by atoms with Gasteiger partial charge in [0.15, 0.2) is 0 Å². The summed E-state index contributed by atoms with van der Waals surface area (Å²) in [4.78, 5) is 22.6. The lowest BCUT2D eigenvalue weighted by Crippen LogP contribution is -2.28. The van der Waals surface area contributed by atoms with Gasteiger partial charge in [0.25, 0.3) is 0 Å². The normalized spacial score (nSPS) is 13.7. The minimum atomic E-state index is -4.28. The van der Waals surface area contributed by atoms with E-state index >= 15 is 0 Å². The molecule has 0 aromatic heterocycles. The van der Waals surface area contributed by atoms with Crippen molar-refractivity contribution in [2.24, 2.45) is 5.73 Å². The van der Waals surface area contributed by atoms with Gasteiger partial charge < -0.3 is 20.1 Å². The molecule has 0 aromatic rings. The largest absolute Gasteiger partial charge is 0.472 e. The van der Waals surface area contributed by atoms with Gasteiger partial charge in [0.05, 0.1) is 19.8 Å². The third-order valence-corrected chi connectivity index (χ3v) is 11.7. The van der Waals surface area contributed by atoms with Gasteiger partial charge >= 0.3 is 13.8 Å². The van der Waals surface area contributed by atoms with Crippen LogP contribution in [0.25, 0.3) is 0 Å². The number of hydrogen-bond acceptors (Lipinski definition) is 7. The lowest BCUT2D eigenvalue weighted by Gasteiger charge is -2.20. The van der Waals surface area contributed by atoms with Gasteiger partial charge in [-0.05, 0) is 77.0 Å². The van der Waals surface area contributed by atoms with E-state index in [1.54, 1.807) is 0 Å². The van der Waals surface area contributed by atoms with Gasteiger partial charge in [-0.1, -0.05) is 197 Å². The van der Waals surface area contributed by atoms with E-state index in [0.29, 0.717) is 13.0 Å². The number of hydrogen-bond donors (Lipinski definition) is 2. The number of unbranched alkanes of at least 4 members (excludes halogenated alkanes) is 27. The molecule has 0 spiro atoms. The van der Waals surface area contributed by atoms with Crippen LogP contribution in [0.5, 0.6) is 0 Å². The fourth-order valence-electron chi connectivity index (χ4n) is 7.00. The molecular formula is C51H96NO7P. The first-order valence-electron chi connectivity index (χ1n) is 25.1. The molecule has 2 atom stereocenters. The second-order valence-electron chi connectivity index (χ2n) is 16.7. The van der Waals surface area contributed by atoms with Gasteiger partial charge in [0.1, 0.15) is 6.10 Å². The number of allylic oxidation sites excluding steroid dienone is 8. The summed E-state index contributed by atoms with van der Waals surface area (Å²) in [6, 6.07) is 0. The second kappa shape index (κ2) is 48.5. The molecule has 60 heavy (non-hydrogen) atoms. The van der Waals surface area contributed by atoms with Gasteiger partial charge in [0, 0.05) is 19.6 Å². The summed E-state index contributed by atoms with van der Waals surface area (Å²) in [5.74, 6) is -0.334. The number of phosphoric ester groups is 1. The van der Waals surface area contributed by atoms with Gasteiger partial charge in [0.2, 0.25) is 0 Å². The van der Waals surface area contributed by atoms with Crippen LogP contribution in [0.15, 0.2) is 48.6 Å². The van der Waals surface area contributed by atoms with E-state index in [4.69, 9.17) is 24.3 Å². The summed E-state index contributed by atoms with van der Waals surface area (Å²) < 4.78 is 33.5. The lowest BCUT2D eigenvalue weighted by molar-refractivity contribution is -0.154. The van der Waals surface area contributed by atoms with E-state index in [-0.39, 0.29) is 32.3 Å². The Morgan fingerprint density at radius 2 is 0.883 bits per heavy atom. The van der Waals surface area contributed by atoms with Crippen molar-refractivity contribution in [1.82, 2.24) is 0 Å². The van der Waals surface area contributed by atoms with E-state index in [1.807, 2.05) is 0 Å². The third kappa shape index (κ3) is 47.5. The molecule has 0 aliphatic heterocycles. The zero-order valence-corrected chi connectivity index (χ0v) is 40.1. The summed E-state index contributed by atoms with van der Waals surface area (Å²) >= 11 is 0. The fraction of sp³-hybridized carbons (Fsp3) is 0.824. The highest BCUT2D eigenvalue weighted by molar-refractivity contribution is 7.47. The van der Waals surface area contributed by atoms with E-state index in [0.717, 1.165) is 57.8 Å². The quantitative estimate of drug-likeness (QED) is 0.0269. The van der Waals surface area contributed by atoms with Crippen LogP contribution in [-0.4, -0.2) is 49.9 Å². The highest BCUT2D eigenvalue weighted by Gasteiger charge is 2.25. The topological polar surface area (TPSA) is 117 Å². The molecule has 0 bridgehead atoms. The molecule has 9 heteroatoms. The maximum Gasteiger partial charge on any atom is 0.472 e. The van der Waals surface area contributed by atoms with Gasteiger partial charge in [-0.15, -0.1) is 0 Å². The van der Waals surface area contributed by atoms with E-state index in [1.165, 1.54) is 154 Å². The minimum Gasteiger partial charge on any atom is -0.457 e. The Balaban J connectivity index is 3.93. The van der Waals surface area contributed by atoms with Crippen LogP contribution >= 0.6 is 7.82 Å². The molecule has 0 saturated carbocycles. The van der Waals surface area contributed by atoms with Crippen LogP contribution in [0.4, 0.5) is 0 Å². The molecule has 0 heterocycles.